The average Bonchev–Trinajstić information content (AvgIpc) is 2.71. The number of rotatable bonds is 5. The van der Waals surface area contributed by atoms with Gasteiger partial charge in [-0.1, -0.05) is 18.2 Å². The van der Waals surface area contributed by atoms with E-state index in [-0.39, 0.29) is 29.5 Å². The molecule has 0 aliphatic carbocycles. The highest BCUT2D eigenvalue weighted by molar-refractivity contribution is 8.00. The molecule has 0 saturated carbocycles. The van der Waals surface area contributed by atoms with Crippen molar-refractivity contribution in [2.45, 2.75) is 37.5 Å². The maximum absolute atomic E-state index is 13.8. The summed E-state index contributed by atoms with van der Waals surface area (Å²) in [5, 5.41) is 2.36. The lowest BCUT2D eigenvalue weighted by molar-refractivity contribution is -0.151. The SMILES string of the molecule is CCOC(=O)[C@@H]1CCCN(C(=O)[C@H]2CS[C@@H](Cc3ccccc3F)C(=O)N2)C1. The van der Waals surface area contributed by atoms with Crippen LogP contribution < -0.4 is 5.32 Å². The van der Waals surface area contributed by atoms with Gasteiger partial charge in [0.05, 0.1) is 17.8 Å². The van der Waals surface area contributed by atoms with Gasteiger partial charge < -0.3 is 15.0 Å². The molecule has 2 aliphatic heterocycles. The Kier molecular flexibility index (Phi) is 6.93. The third-order valence-electron chi connectivity index (χ3n) is 5.09. The molecule has 3 rings (SSSR count). The molecule has 2 aliphatic rings. The Balaban J connectivity index is 1.56. The number of ether oxygens (including phenoxy) is 1. The minimum absolute atomic E-state index is 0.167. The fourth-order valence-corrected chi connectivity index (χ4v) is 4.76. The quantitative estimate of drug-likeness (QED) is 0.752. The highest BCUT2D eigenvalue weighted by atomic mass is 32.2. The summed E-state index contributed by atoms with van der Waals surface area (Å²) in [4.78, 5) is 38.9. The molecular weight excluding hydrogens is 383 g/mol. The first kappa shape index (κ1) is 20.6. The zero-order chi connectivity index (χ0) is 20.1. The van der Waals surface area contributed by atoms with Crippen LogP contribution in [0.3, 0.4) is 0 Å². The van der Waals surface area contributed by atoms with Gasteiger partial charge in [-0.05, 0) is 37.8 Å². The van der Waals surface area contributed by atoms with Crippen LogP contribution in [-0.4, -0.2) is 59.4 Å². The second kappa shape index (κ2) is 9.41. The molecule has 3 atom stereocenters. The van der Waals surface area contributed by atoms with Crippen molar-refractivity contribution < 1.29 is 23.5 Å². The summed E-state index contributed by atoms with van der Waals surface area (Å²) in [6.07, 6.45) is 1.73. The van der Waals surface area contributed by atoms with Gasteiger partial charge in [-0.25, -0.2) is 4.39 Å². The number of amides is 2. The molecule has 0 bridgehead atoms. The third kappa shape index (κ3) is 4.84. The van der Waals surface area contributed by atoms with Gasteiger partial charge in [0.15, 0.2) is 0 Å². The summed E-state index contributed by atoms with van der Waals surface area (Å²) in [7, 11) is 0. The van der Waals surface area contributed by atoms with Crippen LogP contribution in [0.25, 0.3) is 0 Å². The van der Waals surface area contributed by atoms with Gasteiger partial charge in [-0.3, -0.25) is 14.4 Å². The topological polar surface area (TPSA) is 75.7 Å². The predicted molar refractivity (Wildman–Crippen MR) is 104 cm³/mol. The van der Waals surface area contributed by atoms with Crippen LogP contribution in [0.15, 0.2) is 24.3 Å². The number of nitrogens with zero attached hydrogens (tertiary/aromatic N) is 1. The normalized spacial score (nSPS) is 25.1. The third-order valence-corrected chi connectivity index (χ3v) is 6.40. The molecule has 0 aromatic heterocycles. The average molecular weight is 408 g/mol. The molecular formula is C20H25FN2O4S. The number of hydrogen-bond donors (Lipinski definition) is 1. The summed E-state index contributed by atoms with van der Waals surface area (Å²) in [5.74, 6) is -0.890. The summed E-state index contributed by atoms with van der Waals surface area (Å²) in [6.45, 7) is 2.98. The van der Waals surface area contributed by atoms with Crippen molar-refractivity contribution in [3.05, 3.63) is 35.6 Å². The van der Waals surface area contributed by atoms with E-state index in [9.17, 15) is 18.8 Å². The molecule has 28 heavy (non-hydrogen) atoms. The summed E-state index contributed by atoms with van der Waals surface area (Å²) in [6, 6.07) is 5.79. The second-order valence-electron chi connectivity index (χ2n) is 7.05. The van der Waals surface area contributed by atoms with Crippen molar-refractivity contribution in [2.24, 2.45) is 5.92 Å². The maximum atomic E-state index is 13.8. The van der Waals surface area contributed by atoms with Gasteiger partial charge in [0.2, 0.25) is 11.8 Å². The molecule has 1 aromatic rings. The molecule has 2 saturated heterocycles. The molecule has 8 heteroatoms. The standard InChI is InChI=1S/C20H25FN2O4S/c1-2-27-20(26)14-7-5-9-23(11-14)19(25)16-12-28-17(18(24)22-16)10-13-6-3-4-8-15(13)21/h3-4,6,8,14,16-17H,2,5,7,9-12H2,1H3,(H,22,24)/t14-,16-,17+/m1/s1. The molecule has 1 N–H and O–H groups in total. The maximum Gasteiger partial charge on any atom is 0.310 e. The minimum atomic E-state index is -0.615. The number of likely N-dealkylation sites (tertiary alicyclic amines) is 1. The van der Waals surface area contributed by atoms with E-state index in [1.807, 2.05) is 0 Å². The van der Waals surface area contributed by atoms with Crippen LogP contribution in [0.2, 0.25) is 0 Å². The number of hydrogen-bond acceptors (Lipinski definition) is 5. The number of benzene rings is 1. The van der Waals surface area contributed by atoms with Crippen LogP contribution in [0.5, 0.6) is 0 Å². The first-order valence-corrected chi connectivity index (χ1v) is 10.6. The van der Waals surface area contributed by atoms with Crippen molar-refractivity contribution in [1.29, 1.82) is 0 Å². The fraction of sp³-hybridized carbons (Fsp3) is 0.550. The molecule has 0 unspecified atom stereocenters. The monoisotopic (exact) mass is 408 g/mol. The Morgan fingerprint density at radius 3 is 2.86 bits per heavy atom. The second-order valence-corrected chi connectivity index (χ2v) is 8.29. The Morgan fingerprint density at radius 2 is 2.14 bits per heavy atom. The Hall–Kier alpha value is -2.09. The van der Waals surface area contributed by atoms with E-state index in [1.165, 1.54) is 17.8 Å². The fourth-order valence-electron chi connectivity index (χ4n) is 3.59. The molecule has 2 fully saturated rings. The summed E-state index contributed by atoms with van der Waals surface area (Å²) >= 11 is 1.37. The summed E-state index contributed by atoms with van der Waals surface area (Å²) < 4.78 is 18.9. The molecule has 6 nitrogen and oxygen atoms in total. The van der Waals surface area contributed by atoms with Gasteiger partial charge in [0, 0.05) is 18.8 Å². The number of esters is 1. The van der Waals surface area contributed by atoms with E-state index < -0.39 is 11.3 Å². The van der Waals surface area contributed by atoms with Crippen LogP contribution in [-0.2, 0) is 25.5 Å². The molecule has 152 valence electrons. The highest BCUT2D eigenvalue weighted by Gasteiger charge is 2.37. The van der Waals surface area contributed by atoms with Gasteiger partial charge in [0.1, 0.15) is 11.9 Å². The number of carbonyl (C=O) groups excluding carboxylic acids is 3. The van der Waals surface area contributed by atoms with Crippen LogP contribution in [0.1, 0.15) is 25.3 Å². The zero-order valence-electron chi connectivity index (χ0n) is 15.9. The van der Waals surface area contributed by atoms with E-state index >= 15 is 0 Å². The molecule has 0 radical (unpaired) electrons. The largest absolute Gasteiger partial charge is 0.466 e. The van der Waals surface area contributed by atoms with Crippen molar-refractivity contribution in [1.82, 2.24) is 10.2 Å². The van der Waals surface area contributed by atoms with Crippen LogP contribution in [0, 0.1) is 11.7 Å². The van der Waals surface area contributed by atoms with Crippen LogP contribution >= 0.6 is 11.8 Å². The lowest BCUT2D eigenvalue weighted by Gasteiger charge is -2.36. The predicted octanol–water partition coefficient (Wildman–Crippen LogP) is 1.77. The van der Waals surface area contributed by atoms with Crippen molar-refractivity contribution in [3.63, 3.8) is 0 Å². The van der Waals surface area contributed by atoms with E-state index in [1.54, 1.807) is 30.0 Å². The highest BCUT2D eigenvalue weighted by Crippen LogP contribution is 2.25. The van der Waals surface area contributed by atoms with Gasteiger partial charge >= 0.3 is 5.97 Å². The molecule has 0 spiro atoms. The first-order valence-electron chi connectivity index (χ1n) is 9.60. The molecule has 1 aromatic carbocycles. The number of nitrogens with one attached hydrogen (secondary N) is 1. The number of thioether (sulfide) groups is 1. The lowest BCUT2D eigenvalue weighted by atomic mass is 9.97. The number of halogens is 1. The Labute approximate surface area is 168 Å². The first-order chi connectivity index (χ1) is 13.5. The van der Waals surface area contributed by atoms with E-state index in [4.69, 9.17) is 4.74 Å². The molecule has 2 amide bonds. The Morgan fingerprint density at radius 1 is 1.36 bits per heavy atom. The Bertz CT molecular complexity index is 745. The van der Waals surface area contributed by atoms with Crippen molar-refractivity contribution in [2.75, 3.05) is 25.4 Å². The van der Waals surface area contributed by atoms with E-state index in [0.29, 0.717) is 43.9 Å². The minimum Gasteiger partial charge on any atom is -0.466 e. The van der Waals surface area contributed by atoms with E-state index in [2.05, 4.69) is 5.32 Å². The smallest absolute Gasteiger partial charge is 0.310 e. The van der Waals surface area contributed by atoms with Gasteiger partial charge in [-0.15, -0.1) is 11.8 Å². The van der Waals surface area contributed by atoms with Crippen molar-refractivity contribution in [3.8, 4) is 0 Å². The summed E-state index contributed by atoms with van der Waals surface area (Å²) in [5.41, 5.74) is 0.494. The zero-order valence-corrected chi connectivity index (χ0v) is 16.7. The van der Waals surface area contributed by atoms with Gasteiger partial charge in [0.25, 0.3) is 0 Å². The molecule has 2 heterocycles. The number of carbonyl (C=O) groups is 3. The van der Waals surface area contributed by atoms with Crippen LogP contribution in [0.4, 0.5) is 4.39 Å². The lowest BCUT2D eigenvalue weighted by Crippen LogP contribution is -2.57. The van der Waals surface area contributed by atoms with Crippen molar-refractivity contribution >= 4 is 29.5 Å². The number of piperidine rings is 1. The van der Waals surface area contributed by atoms with E-state index in [0.717, 1.165) is 6.42 Å². The van der Waals surface area contributed by atoms with Gasteiger partial charge in [-0.2, -0.15) is 0 Å².